The van der Waals surface area contributed by atoms with Gasteiger partial charge in [0, 0.05) is 31.9 Å². The third-order valence-corrected chi connectivity index (χ3v) is 7.11. The number of carbonyl (C=O) groups excluding carboxylic acids is 5. The molecule has 0 spiro atoms. The van der Waals surface area contributed by atoms with Gasteiger partial charge in [-0.2, -0.15) is 8.78 Å². The van der Waals surface area contributed by atoms with E-state index in [0.717, 1.165) is 31.7 Å². The molecule has 2 saturated heterocycles. The van der Waals surface area contributed by atoms with E-state index >= 15 is 0 Å². The van der Waals surface area contributed by atoms with Crippen molar-refractivity contribution in [3.63, 3.8) is 0 Å². The molecule has 4 rings (SSSR count). The predicted molar refractivity (Wildman–Crippen MR) is 168 cm³/mol. The number of aromatic nitrogens is 1. The zero-order valence-corrected chi connectivity index (χ0v) is 27.5. The van der Waals surface area contributed by atoms with Crippen LogP contribution in [0.5, 0.6) is 5.75 Å². The molecular formula is C30H49ClF2N6O6. The minimum atomic E-state index is -3.96. The Hall–Kier alpha value is -3.55. The highest BCUT2D eigenvalue weighted by molar-refractivity contribution is 6.32. The number of amides is 5. The normalized spacial score (nSPS) is 21.4. The van der Waals surface area contributed by atoms with Crippen molar-refractivity contribution < 1.29 is 37.9 Å². The fourth-order valence-corrected chi connectivity index (χ4v) is 5.09. The highest BCUT2D eigenvalue weighted by atomic mass is 35.5. The van der Waals surface area contributed by atoms with Crippen molar-refractivity contribution in [2.75, 3.05) is 31.5 Å². The van der Waals surface area contributed by atoms with Crippen LogP contribution >= 0.6 is 11.6 Å². The average Bonchev–Trinajstić information content (AvgIpc) is 3.55. The van der Waals surface area contributed by atoms with Crippen LogP contribution in [0, 0.1) is 23.7 Å². The third-order valence-electron chi connectivity index (χ3n) is 6.94. The maximum atomic E-state index is 12.4. The van der Waals surface area contributed by atoms with Gasteiger partial charge in [0.2, 0.25) is 25.1 Å². The van der Waals surface area contributed by atoms with Crippen LogP contribution in [0.3, 0.4) is 0 Å². The standard InChI is InChI=1S/C12H17ClF2N2O2.C7H13NO.C6H6N2O2.C4H10.CH3NO/c13-12(14,15)11(19)16-5-10(18)17-6-8-3-1-2-4-9(8)7-17;1-6-3-7(2)8(4-6)5-9;9-4-8-6-5(10)2-1-3-7-6;1-4(2)3;2-1-3/h8-9H,1-7H2,(H,16,19);5-7H,3-4H2,1-2H3;1-4,10H,(H,7,8,9);4H,1-3H3;1H,(H2,2,3)/t8-,9?;;;;/m1..../s1. The molecule has 3 heterocycles. The van der Waals surface area contributed by atoms with Crippen LogP contribution in [-0.4, -0.2) is 88.5 Å². The van der Waals surface area contributed by atoms with Crippen molar-refractivity contribution in [1.29, 1.82) is 0 Å². The van der Waals surface area contributed by atoms with Crippen LogP contribution in [0.4, 0.5) is 14.6 Å². The van der Waals surface area contributed by atoms with Gasteiger partial charge in [-0.25, -0.2) is 4.98 Å². The van der Waals surface area contributed by atoms with Crippen molar-refractivity contribution in [1.82, 2.24) is 20.1 Å². The first kappa shape index (κ1) is 41.4. The lowest BCUT2D eigenvalue weighted by molar-refractivity contribution is -0.139. The number of alkyl halides is 3. The number of carbonyl (C=O) groups is 5. The van der Waals surface area contributed by atoms with Crippen LogP contribution in [-0.2, 0) is 24.0 Å². The first-order valence-corrected chi connectivity index (χ1v) is 15.3. The summed E-state index contributed by atoms with van der Waals surface area (Å²) >= 11 is 4.56. The van der Waals surface area contributed by atoms with Crippen LogP contribution < -0.4 is 16.4 Å². The Kier molecular flexibility index (Phi) is 20.3. The number of hydrogen-bond donors (Lipinski definition) is 4. The number of fused-ring (bicyclic) bond motifs is 1. The van der Waals surface area contributed by atoms with Crippen LogP contribution in [0.15, 0.2) is 18.3 Å². The Labute approximate surface area is 269 Å². The molecular weight excluding hydrogens is 614 g/mol. The summed E-state index contributed by atoms with van der Waals surface area (Å²) in [6, 6.07) is 3.49. The fourth-order valence-electron chi connectivity index (χ4n) is 5.02. The summed E-state index contributed by atoms with van der Waals surface area (Å²) in [5.74, 6) is 0.797. The first-order valence-electron chi connectivity index (χ1n) is 14.9. The summed E-state index contributed by atoms with van der Waals surface area (Å²) in [5.41, 5.74) is 4.17. The third kappa shape index (κ3) is 17.5. The van der Waals surface area contributed by atoms with Gasteiger partial charge in [0.25, 0.3) is 0 Å². The highest BCUT2D eigenvalue weighted by Crippen LogP contribution is 2.36. The van der Waals surface area contributed by atoms with E-state index in [4.69, 9.17) is 9.90 Å². The summed E-state index contributed by atoms with van der Waals surface area (Å²) in [6.07, 6.45) is 8.94. The number of aromatic hydroxyl groups is 1. The predicted octanol–water partition coefficient (Wildman–Crippen LogP) is 3.58. The SMILES string of the molecule is CC(C)C.CC1CC(C)N(C=O)C1.NC=O.O=C(CNC(=O)C(F)(F)Cl)N1CC2CCCC[C@@H]2C1.O=CNc1ncccc1O. The number of halogens is 3. The van der Waals surface area contributed by atoms with Crippen molar-refractivity contribution in [2.45, 2.75) is 78.1 Å². The molecule has 15 heteroatoms. The molecule has 5 amide bonds. The molecule has 12 nitrogen and oxygen atoms in total. The first-order chi connectivity index (χ1) is 21.1. The molecule has 256 valence electrons. The van der Waals surface area contributed by atoms with Crippen LogP contribution in [0.25, 0.3) is 0 Å². The fraction of sp³-hybridized carbons (Fsp3) is 0.667. The van der Waals surface area contributed by atoms with Crippen LogP contribution in [0.1, 0.15) is 66.7 Å². The van der Waals surface area contributed by atoms with Gasteiger partial charge in [-0.05, 0) is 73.6 Å². The Morgan fingerprint density at radius 2 is 1.67 bits per heavy atom. The summed E-state index contributed by atoms with van der Waals surface area (Å²) in [6.45, 7) is 12.7. The number of anilines is 1. The lowest BCUT2D eigenvalue weighted by atomic mass is 9.82. The molecule has 3 fully saturated rings. The summed E-state index contributed by atoms with van der Waals surface area (Å²) in [5, 5.41) is 9.10. The van der Waals surface area contributed by atoms with Gasteiger partial charge in [-0.1, -0.05) is 40.5 Å². The van der Waals surface area contributed by atoms with Crippen molar-refractivity contribution in [2.24, 2.45) is 29.4 Å². The van der Waals surface area contributed by atoms with E-state index in [1.807, 2.05) is 10.2 Å². The molecule has 0 aromatic carbocycles. The molecule has 3 unspecified atom stereocenters. The zero-order chi connectivity index (χ0) is 34.6. The molecule has 4 atom stereocenters. The van der Waals surface area contributed by atoms with Gasteiger partial charge in [-0.15, -0.1) is 0 Å². The Morgan fingerprint density at radius 3 is 2.04 bits per heavy atom. The van der Waals surface area contributed by atoms with E-state index in [1.54, 1.807) is 11.0 Å². The number of likely N-dealkylation sites (tertiary alicyclic amines) is 2. The minimum absolute atomic E-state index is 0.0328. The topological polar surface area (TPSA) is 175 Å². The number of nitrogens with zero attached hydrogens (tertiary/aromatic N) is 3. The molecule has 0 radical (unpaired) electrons. The van der Waals surface area contributed by atoms with E-state index in [0.29, 0.717) is 43.3 Å². The lowest BCUT2D eigenvalue weighted by Gasteiger charge is -2.22. The van der Waals surface area contributed by atoms with Gasteiger partial charge in [-0.3, -0.25) is 24.0 Å². The number of nitrogens with two attached hydrogens (primary N) is 1. The quantitative estimate of drug-likeness (QED) is 0.266. The monoisotopic (exact) mass is 662 g/mol. The molecule has 1 aliphatic carbocycles. The van der Waals surface area contributed by atoms with Gasteiger partial charge in [0.15, 0.2) is 11.6 Å². The van der Waals surface area contributed by atoms with Gasteiger partial charge in [0.05, 0.1) is 6.54 Å². The molecule has 1 aromatic heterocycles. The molecule has 0 bridgehead atoms. The van der Waals surface area contributed by atoms with E-state index in [2.05, 4.69) is 62.3 Å². The summed E-state index contributed by atoms with van der Waals surface area (Å²) in [7, 11) is 0. The number of hydrogen-bond acceptors (Lipinski definition) is 7. The van der Waals surface area contributed by atoms with E-state index in [-0.39, 0.29) is 23.9 Å². The summed E-state index contributed by atoms with van der Waals surface area (Å²) < 4.78 is 24.8. The second kappa shape index (κ2) is 22.0. The average molecular weight is 663 g/mol. The molecule has 5 N–H and O–H groups in total. The maximum absolute atomic E-state index is 12.4. The van der Waals surface area contributed by atoms with Crippen molar-refractivity contribution >= 4 is 48.5 Å². The summed E-state index contributed by atoms with van der Waals surface area (Å²) in [4.78, 5) is 58.7. The van der Waals surface area contributed by atoms with Crippen molar-refractivity contribution in [3.05, 3.63) is 18.3 Å². The zero-order valence-electron chi connectivity index (χ0n) is 26.8. The molecule has 1 aromatic rings. The second-order valence-electron chi connectivity index (χ2n) is 11.8. The number of nitrogens with one attached hydrogen (secondary N) is 2. The highest BCUT2D eigenvalue weighted by Gasteiger charge is 2.38. The smallest absolute Gasteiger partial charge is 0.399 e. The van der Waals surface area contributed by atoms with Gasteiger partial charge >= 0.3 is 11.3 Å². The van der Waals surface area contributed by atoms with Gasteiger partial charge < -0.3 is 31.3 Å². The largest absolute Gasteiger partial charge is 0.504 e. The second-order valence-corrected chi connectivity index (χ2v) is 12.3. The molecule has 1 saturated carbocycles. The van der Waals surface area contributed by atoms with E-state index < -0.39 is 17.8 Å². The van der Waals surface area contributed by atoms with Crippen molar-refractivity contribution in [3.8, 4) is 5.75 Å². The van der Waals surface area contributed by atoms with E-state index in [9.17, 15) is 28.0 Å². The maximum Gasteiger partial charge on any atom is 0.399 e. The Morgan fingerprint density at radius 1 is 1.13 bits per heavy atom. The Balaban J connectivity index is 0.000000627. The Bertz CT molecular complexity index is 1030. The van der Waals surface area contributed by atoms with Gasteiger partial charge in [0.1, 0.15) is 0 Å². The minimum Gasteiger partial charge on any atom is -0.504 e. The lowest BCUT2D eigenvalue weighted by Crippen LogP contribution is -2.43. The molecule has 45 heavy (non-hydrogen) atoms. The van der Waals surface area contributed by atoms with E-state index in [1.165, 1.54) is 31.5 Å². The number of pyridine rings is 1. The number of rotatable bonds is 6. The number of primary amides is 1. The van der Waals surface area contributed by atoms with Crippen LogP contribution in [0.2, 0.25) is 0 Å². The molecule has 2 aliphatic heterocycles. The molecule has 3 aliphatic rings.